The molecular formula is C28H23FN2O5. The van der Waals surface area contributed by atoms with E-state index in [-0.39, 0.29) is 42.0 Å². The fourth-order valence-electron chi connectivity index (χ4n) is 4.75. The standard InChI is InChI=1S/C28H23FN2O5/c1-33-23-5-2-4-19(27(23)35-15-16-7-9-18(29)10-8-16)25-20(14-30)28(31)36-24-13-17(12-21(32)26(24)25)22-6-3-11-34-22/h2-11,17,25H,12-13,15,31H2,1H3/t17-,25-/m0/s1. The molecule has 182 valence electrons. The van der Waals surface area contributed by atoms with Crippen LogP contribution < -0.4 is 15.2 Å². The molecule has 0 bridgehead atoms. The number of hydrogen-bond donors (Lipinski definition) is 1. The lowest BCUT2D eigenvalue weighted by atomic mass is 9.74. The highest BCUT2D eigenvalue weighted by Gasteiger charge is 2.42. The minimum absolute atomic E-state index is 0.0542. The summed E-state index contributed by atoms with van der Waals surface area (Å²) >= 11 is 0. The van der Waals surface area contributed by atoms with Crippen molar-refractivity contribution in [2.24, 2.45) is 5.73 Å². The molecule has 8 heteroatoms. The Morgan fingerprint density at radius 3 is 2.64 bits per heavy atom. The van der Waals surface area contributed by atoms with Crippen LogP contribution in [-0.4, -0.2) is 12.9 Å². The maximum absolute atomic E-state index is 13.5. The number of carbonyl (C=O) groups excluding carboxylic acids is 1. The third-order valence-corrected chi connectivity index (χ3v) is 6.44. The van der Waals surface area contributed by atoms with Crippen LogP contribution in [0, 0.1) is 17.1 Å². The van der Waals surface area contributed by atoms with Crippen LogP contribution in [0.4, 0.5) is 4.39 Å². The van der Waals surface area contributed by atoms with E-state index in [9.17, 15) is 14.4 Å². The van der Waals surface area contributed by atoms with Crippen LogP contribution in [0.5, 0.6) is 11.5 Å². The smallest absolute Gasteiger partial charge is 0.205 e. The Morgan fingerprint density at radius 2 is 1.94 bits per heavy atom. The summed E-state index contributed by atoms with van der Waals surface area (Å²) in [4.78, 5) is 13.5. The molecule has 0 unspecified atom stereocenters. The van der Waals surface area contributed by atoms with Gasteiger partial charge in [0.25, 0.3) is 0 Å². The maximum atomic E-state index is 13.5. The number of nitrogens with two attached hydrogens (primary N) is 1. The van der Waals surface area contributed by atoms with Gasteiger partial charge < -0.3 is 24.4 Å². The number of rotatable bonds is 6. The number of ether oxygens (including phenoxy) is 3. The lowest BCUT2D eigenvalue weighted by Crippen LogP contribution is -2.30. The van der Waals surface area contributed by atoms with Gasteiger partial charge in [0, 0.05) is 29.9 Å². The molecule has 36 heavy (non-hydrogen) atoms. The predicted octanol–water partition coefficient (Wildman–Crippen LogP) is 5.21. The van der Waals surface area contributed by atoms with Crippen LogP contribution in [-0.2, 0) is 16.1 Å². The number of nitriles is 1. The van der Waals surface area contributed by atoms with E-state index in [1.807, 2.05) is 6.07 Å². The van der Waals surface area contributed by atoms with Gasteiger partial charge in [-0.05, 0) is 35.9 Å². The normalized spacial score (nSPS) is 19.4. The number of Topliss-reactive ketones (excluding diaryl/α,β-unsaturated/α-hetero) is 1. The van der Waals surface area contributed by atoms with Crippen molar-refractivity contribution in [2.75, 3.05) is 7.11 Å². The van der Waals surface area contributed by atoms with Gasteiger partial charge in [0.05, 0.1) is 19.3 Å². The van der Waals surface area contributed by atoms with Crippen molar-refractivity contribution in [2.45, 2.75) is 31.3 Å². The van der Waals surface area contributed by atoms with Gasteiger partial charge in [-0.25, -0.2) is 4.39 Å². The zero-order chi connectivity index (χ0) is 25.2. The zero-order valence-electron chi connectivity index (χ0n) is 19.5. The number of benzene rings is 2. The first-order valence-corrected chi connectivity index (χ1v) is 11.4. The average Bonchev–Trinajstić information content (AvgIpc) is 3.42. The van der Waals surface area contributed by atoms with Crippen molar-refractivity contribution in [3.63, 3.8) is 0 Å². The molecule has 0 radical (unpaired) electrons. The van der Waals surface area contributed by atoms with Crippen LogP contribution in [0.2, 0.25) is 0 Å². The number of nitrogens with zero attached hydrogens (tertiary/aromatic N) is 1. The van der Waals surface area contributed by atoms with Gasteiger partial charge in [-0.1, -0.05) is 24.3 Å². The van der Waals surface area contributed by atoms with Crippen LogP contribution in [0.25, 0.3) is 0 Å². The van der Waals surface area contributed by atoms with Gasteiger partial charge in [0.2, 0.25) is 5.88 Å². The van der Waals surface area contributed by atoms with Gasteiger partial charge in [0.1, 0.15) is 35.6 Å². The van der Waals surface area contributed by atoms with Crippen LogP contribution in [0.3, 0.4) is 0 Å². The minimum Gasteiger partial charge on any atom is -0.493 e. The Labute approximate surface area is 207 Å². The van der Waals surface area contributed by atoms with E-state index in [2.05, 4.69) is 6.07 Å². The summed E-state index contributed by atoms with van der Waals surface area (Å²) in [6, 6.07) is 16.9. The fraction of sp³-hybridized carbons (Fsp3) is 0.214. The number of allylic oxidation sites excluding steroid dienone is 3. The summed E-state index contributed by atoms with van der Waals surface area (Å²) in [5, 5.41) is 10.00. The molecule has 7 nitrogen and oxygen atoms in total. The molecule has 2 aromatic carbocycles. The zero-order valence-corrected chi connectivity index (χ0v) is 19.5. The van der Waals surface area contributed by atoms with Crippen molar-refractivity contribution in [1.29, 1.82) is 5.26 Å². The molecule has 2 aliphatic rings. The number of methoxy groups -OCH3 is 1. The highest BCUT2D eigenvalue weighted by Crippen LogP contribution is 2.50. The first-order chi connectivity index (χ1) is 17.5. The number of hydrogen-bond acceptors (Lipinski definition) is 7. The molecule has 2 heterocycles. The average molecular weight is 486 g/mol. The van der Waals surface area contributed by atoms with Crippen molar-refractivity contribution >= 4 is 5.78 Å². The monoisotopic (exact) mass is 486 g/mol. The second kappa shape index (κ2) is 9.62. The Morgan fingerprint density at radius 1 is 1.14 bits per heavy atom. The summed E-state index contributed by atoms with van der Waals surface area (Å²) in [5.41, 5.74) is 7.99. The Kier molecular flexibility index (Phi) is 6.21. The van der Waals surface area contributed by atoms with E-state index >= 15 is 0 Å². The molecular weight excluding hydrogens is 463 g/mol. The Balaban J connectivity index is 1.58. The molecule has 3 aromatic rings. The topological polar surface area (TPSA) is 108 Å². The molecule has 0 saturated carbocycles. The van der Waals surface area contributed by atoms with E-state index < -0.39 is 5.92 Å². The Bertz CT molecular complexity index is 1400. The third-order valence-electron chi connectivity index (χ3n) is 6.44. The van der Waals surface area contributed by atoms with Crippen molar-refractivity contribution < 1.29 is 27.8 Å². The minimum atomic E-state index is -0.790. The van der Waals surface area contributed by atoms with E-state index in [4.69, 9.17) is 24.4 Å². The summed E-state index contributed by atoms with van der Waals surface area (Å²) in [6.45, 7) is 0.123. The van der Waals surface area contributed by atoms with Crippen molar-refractivity contribution in [3.8, 4) is 17.6 Å². The summed E-state index contributed by atoms with van der Waals surface area (Å²) in [6.07, 6.45) is 2.18. The maximum Gasteiger partial charge on any atom is 0.205 e. The molecule has 2 N–H and O–H groups in total. The van der Waals surface area contributed by atoms with Gasteiger partial charge in [-0.15, -0.1) is 0 Å². The van der Waals surface area contributed by atoms with Gasteiger partial charge in [-0.2, -0.15) is 5.26 Å². The van der Waals surface area contributed by atoms with Crippen molar-refractivity contribution in [3.05, 3.63) is 106 Å². The van der Waals surface area contributed by atoms with E-state index in [0.29, 0.717) is 40.6 Å². The first-order valence-electron chi connectivity index (χ1n) is 11.4. The second-order valence-corrected chi connectivity index (χ2v) is 8.60. The number of ketones is 1. The molecule has 5 rings (SSSR count). The van der Waals surface area contributed by atoms with Crippen LogP contribution in [0.15, 0.2) is 88.1 Å². The molecule has 0 saturated heterocycles. The number of furan rings is 1. The second-order valence-electron chi connectivity index (χ2n) is 8.60. The SMILES string of the molecule is COc1cccc([C@H]2C(C#N)=C(N)OC3=C2C(=O)C[C@H](c2ccco2)C3)c1OCc1ccc(F)cc1. The van der Waals surface area contributed by atoms with Gasteiger partial charge >= 0.3 is 0 Å². The summed E-state index contributed by atoms with van der Waals surface area (Å²) < 4.78 is 36.4. The fourth-order valence-corrected chi connectivity index (χ4v) is 4.75. The molecule has 0 spiro atoms. The van der Waals surface area contributed by atoms with E-state index in [1.165, 1.54) is 19.2 Å². The van der Waals surface area contributed by atoms with E-state index in [0.717, 1.165) is 5.56 Å². The molecule has 2 atom stereocenters. The number of halogens is 1. The van der Waals surface area contributed by atoms with Crippen molar-refractivity contribution in [1.82, 2.24) is 0 Å². The largest absolute Gasteiger partial charge is 0.493 e. The first kappa shape index (κ1) is 23.2. The Hall–Kier alpha value is -4.51. The van der Waals surface area contributed by atoms with Crippen LogP contribution in [0.1, 0.15) is 41.6 Å². The third kappa shape index (κ3) is 4.20. The summed E-state index contributed by atoms with van der Waals surface area (Å²) in [5.74, 6) is 0.359. The molecule has 0 fully saturated rings. The lowest BCUT2D eigenvalue weighted by molar-refractivity contribution is -0.117. The summed E-state index contributed by atoms with van der Waals surface area (Å²) in [7, 11) is 1.51. The van der Waals surface area contributed by atoms with Gasteiger partial charge in [-0.3, -0.25) is 4.79 Å². The predicted molar refractivity (Wildman–Crippen MR) is 127 cm³/mol. The quantitative estimate of drug-likeness (QED) is 0.509. The van der Waals surface area contributed by atoms with Crippen LogP contribution >= 0.6 is 0 Å². The highest BCUT2D eigenvalue weighted by molar-refractivity contribution is 6.00. The number of carbonyl (C=O) groups is 1. The molecule has 1 aliphatic heterocycles. The molecule has 1 aromatic heterocycles. The molecule has 0 amide bonds. The lowest BCUT2D eigenvalue weighted by Gasteiger charge is -2.34. The number of para-hydroxylation sites is 1. The van der Waals surface area contributed by atoms with Gasteiger partial charge in [0.15, 0.2) is 17.3 Å². The highest BCUT2D eigenvalue weighted by atomic mass is 19.1. The molecule has 1 aliphatic carbocycles. The van der Waals surface area contributed by atoms with E-state index in [1.54, 1.807) is 42.7 Å².